The van der Waals surface area contributed by atoms with Gasteiger partial charge in [0.25, 0.3) is 5.91 Å². The Morgan fingerprint density at radius 2 is 2.14 bits per heavy atom. The average molecular weight is 298 g/mol. The Morgan fingerprint density at radius 1 is 1.23 bits per heavy atom. The topological polar surface area (TPSA) is 45.3 Å². The number of rotatable bonds is 4. The number of amides is 1. The number of ether oxygens (including phenoxy) is 1. The largest absolute Gasteiger partial charge is 0.368 e. The highest BCUT2D eigenvalue weighted by Gasteiger charge is 2.36. The predicted molar refractivity (Wildman–Crippen MR) is 85.5 cm³/mol. The Morgan fingerprint density at radius 3 is 2.91 bits per heavy atom. The molecule has 1 aliphatic carbocycles. The summed E-state index contributed by atoms with van der Waals surface area (Å²) in [5.41, 5.74) is 2.34. The number of benzene rings is 1. The van der Waals surface area contributed by atoms with Gasteiger partial charge < -0.3 is 14.6 Å². The molecular weight excluding hydrogens is 276 g/mol. The maximum absolute atomic E-state index is 12.8. The Hall–Kier alpha value is -1.81. The zero-order chi connectivity index (χ0) is 14.9. The molecule has 1 N–H and O–H groups in total. The summed E-state index contributed by atoms with van der Waals surface area (Å²) in [5, 5.41) is 1.20. The molecule has 2 aromatic rings. The van der Waals surface area contributed by atoms with Crippen molar-refractivity contribution in [3.63, 3.8) is 0 Å². The first kappa shape index (κ1) is 13.8. The molecular formula is C18H22N2O2. The van der Waals surface area contributed by atoms with E-state index < -0.39 is 0 Å². The molecule has 1 saturated carbocycles. The zero-order valence-corrected chi connectivity index (χ0v) is 12.8. The van der Waals surface area contributed by atoms with Crippen LogP contribution >= 0.6 is 0 Å². The van der Waals surface area contributed by atoms with Crippen LogP contribution in [0.1, 0.15) is 37.7 Å². The van der Waals surface area contributed by atoms with Crippen LogP contribution in [0.5, 0.6) is 0 Å². The van der Waals surface area contributed by atoms with Crippen molar-refractivity contribution in [2.45, 2.75) is 50.8 Å². The zero-order valence-electron chi connectivity index (χ0n) is 12.8. The van der Waals surface area contributed by atoms with Gasteiger partial charge in [-0.15, -0.1) is 0 Å². The molecule has 1 amide bonds. The highest BCUT2D eigenvalue weighted by atomic mass is 16.5. The van der Waals surface area contributed by atoms with Crippen LogP contribution in [0.2, 0.25) is 0 Å². The molecule has 2 aliphatic rings. The number of fused-ring (bicyclic) bond motifs is 1. The fourth-order valence-electron chi connectivity index (χ4n) is 3.29. The number of carbonyl (C=O) groups excluding carboxylic acids is 1. The van der Waals surface area contributed by atoms with Crippen LogP contribution in [0.4, 0.5) is 0 Å². The van der Waals surface area contributed by atoms with E-state index >= 15 is 0 Å². The summed E-state index contributed by atoms with van der Waals surface area (Å²) in [6.45, 7) is 1.43. The molecule has 1 unspecified atom stereocenters. The molecule has 0 bridgehead atoms. The van der Waals surface area contributed by atoms with Gasteiger partial charge in [0.15, 0.2) is 0 Å². The lowest BCUT2D eigenvalue weighted by Crippen LogP contribution is -2.42. The highest BCUT2D eigenvalue weighted by Crippen LogP contribution is 2.31. The monoisotopic (exact) mass is 298 g/mol. The molecule has 116 valence electrons. The van der Waals surface area contributed by atoms with Crippen molar-refractivity contribution in [1.82, 2.24) is 9.88 Å². The van der Waals surface area contributed by atoms with E-state index in [4.69, 9.17) is 4.74 Å². The second kappa shape index (κ2) is 5.76. The number of aromatic amines is 1. The van der Waals surface area contributed by atoms with Crippen molar-refractivity contribution in [2.75, 3.05) is 6.61 Å². The molecule has 4 heteroatoms. The van der Waals surface area contributed by atoms with Crippen molar-refractivity contribution in [3.8, 4) is 0 Å². The van der Waals surface area contributed by atoms with Gasteiger partial charge in [0.2, 0.25) is 0 Å². The normalized spacial score (nSPS) is 21.9. The van der Waals surface area contributed by atoms with Crippen molar-refractivity contribution >= 4 is 16.8 Å². The Bertz CT molecular complexity index is 669. The summed E-state index contributed by atoms with van der Waals surface area (Å²) in [6, 6.07) is 8.88. The van der Waals surface area contributed by atoms with Crippen LogP contribution in [0.15, 0.2) is 30.5 Å². The molecule has 1 atom stereocenters. The lowest BCUT2D eigenvalue weighted by atomic mass is 10.1. The summed E-state index contributed by atoms with van der Waals surface area (Å²) in [7, 11) is 0. The summed E-state index contributed by atoms with van der Waals surface area (Å²) >= 11 is 0. The molecule has 4 nitrogen and oxygen atoms in total. The molecule has 1 aromatic heterocycles. The van der Waals surface area contributed by atoms with Gasteiger partial charge in [-0.3, -0.25) is 4.79 Å². The lowest BCUT2D eigenvalue weighted by Gasteiger charge is -2.29. The predicted octanol–water partition coefficient (Wildman–Crippen LogP) is 3.23. The van der Waals surface area contributed by atoms with E-state index in [2.05, 4.69) is 29.2 Å². The summed E-state index contributed by atoms with van der Waals surface area (Å²) < 4.78 is 5.70. The van der Waals surface area contributed by atoms with Gasteiger partial charge in [0.05, 0.1) is 0 Å². The van der Waals surface area contributed by atoms with Crippen LogP contribution < -0.4 is 0 Å². The molecule has 0 radical (unpaired) electrons. The minimum Gasteiger partial charge on any atom is -0.368 e. The van der Waals surface area contributed by atoms with E-state index in [1.165, 1.54) is 10.9 Å². The van der Waals surface area contributed by atoms with Crippen LogP contribution in [-0.4, -0.2) is 34.5 Å². The van der Waals surface area contributed by atoms with Crippen molar-refractivity contribution < 1.29 is 9.53 Å². The quantitative estimate of drug-likeness (QED) is 0.942. The number of nitrogens with one attached hydrogen (secondary N) is 1. The van der Waals surface area contributed by atoms with Crippen LogP contribution in [0.25, 0.3) is 10.9 Å². The minimum atomic E-state index is -0.217. The van der Waals surface area contributed by atoms with E-state index in [0.717, 1.165) is 44.2 Å². The highest BCUT2D eigenvalue weighted by molar-refractivity contribution is 5.82. The SMILES string of the molecule is O=C(C1CCCCO1)N(Cc1ccc2[nH]ccc2c1)C1CC1. The van der Waals surface area contributed by atoms with Gasteiger partial charge in [0, 0.05) is 30.9 Å². The Kier molecular flexibility index (Phi) is 3.62. The number of H-pyrrole nitrogens is 1. The fraction of sp³-hybridized carbons (Fsp3) is 0.500. The van der Waals surface area contributed by atoms with E-state index in [-0.39, 0.29) is 12.0 Å². The summed E-state index contributed by atoms with van der Waals surface area (Å²) in [6.07, 6.45) is 7.05. The van der Waals surface area contributed by atoms with Gasteiger partial charge in [-0.1, -0.05) is 6.07 Å². The second-order valence-corrected chi connectivity index (χ2v) is 6.45. The maximum Gasteiger partial charge on any atom is 0.252 e. The van der Waals surface area contributed by atoms with Crippen molar-refractivity contribution in [2.24, 2.45) is 0 Å². The fourth-order valence-corrected chi connectivity index (χ4v) is 3.29. The molecule has 22 heavy (non-hydrogen) atoms. The molecule has 1 aromatic carbocycles. The summed E-state index contributed by atoms with van der Waals surface area (Å²) in [5.74, 6) is 0.191. The maximum atomic E-state index is 12.8. The van der Waals surface area contributed by atoms with Crippen LogP contribution in [-0.2, 0) is 16.1 Å². The van der Waals surface area contributed by atoms with Crippen LogP contribution in [0.3, 0.4) is 0 Å². The average Bonchev–Trinajstić information content (AvgIpc) is 3.30. The van der Waals surface area contributed by atoms with Gasteiger partial charge in [-0.2, -0.15) is 0 Å². The smallest absolute Gasteiger partial charge is 0.252 e. The van der Waals surface area contributed by atoms with Gasteiger partial charge in [-0.05, 0) is 61.3 Å². The molecule has 0 spiro atoms. The van der Waals surface area contributed by atoms with E-state index in [1.807, 2.05) is 11.1 Å². The van der Waals surface area contributed by atoms with Crippen molar-refractivity contribution in [1.29, 1.82) is 0 Å². The molecule has 2 heterocycles. The Labute approximate surface area is 130 Å². The third kappa shape index (κ3) is 2.75. The first-order chi connectivity index (χ1) is 10.8. The molecule has 1 saturated heterocycles. The number of nitrogens with zero attached hydrogens (tertiary/aromatic N) is 1. The first-order valence-electron chi connectivity index (χ1n) is 8.29. The number of carbonyl (C=O) groups is 1. The molecule has 2 fully saturated rings. The first-order valence-corrected chi connectivity index (χ1v) is 8.29. The molecule has 4 rings (SSSR count). The van der Waals surface area contributed by atoms with Gasteiger partial charge in [-0.25, -0.2) is 0 Å². The third-order valence-electron chi connectivity index (χ3n) is 4.70. The lowest BCUT2D eigenvalue weighted by molar-refractivity contribution is -0.147. The minimum absolute atomic E-state index is 0.191. The van der Waals surface area contributed by atoms with Gasteiger partial charge in [0.1, 0.15) is 6.10 Å². The van der Waals surface area contributed by atoms with Crippen LogP contribution in [0, 0.1) is 0 Å². The van der Waals surface area contributed by atoms with E-state index in [0.29, 0.717) is 12.6 Å². The third-order valence-corrected chi connectivity index (χ3v) is 4.70. The van der Waals surface area contributed by atoms with Crippen molar-refractivity contribution in [3.05, 3.63) is 36.0 Å². The van der Waals surface area contributed by atoms with E-state index in [9.17, 15) is 4.79 Å². The number of hydrogen-bond donors (Lipinski definition) is 1. The summed E-state index contributed by atoms with van der Waals surface area (Å²) in [4.78, 5) is 18.0. The van der Waals surface area contributed by atoms with E-state index in [1.54, 1.807) is 0 Å². The Balaban J connectivity index is 1.52. The van der Waals surface area contributed by atoms with Gasteiger partial charge >= 0.3 is 0 Å². The second-order valence-electron chi connectivity index (χ2n) is 6.45. The number of hydrogen-bond acceptors (Lipinski definition) is 2. The molecule has 1 aliphatic heterocycles. The standard InChI is InChI=1S/C18H22N2O2/c21-18(17-3-1-2-10-22-17)20(15-5-6-15)12-13-4-7-16-14(11-13)8-9-19-16/h4,7-9,11,15,17,19H,1-3,5-6,10,12H2. The number of aromatic nitrogens is 1.